The van der Waals surface area contributed by atoms with E-state index < -0.39 is 13.0 Å². The van der Waals surface area contributed by atoms with Gasteiger partial charge >= 0.3 is 0 Å². The second kappa shape index (κ2) is 8.60. The summed E-state index contributed by atoms with van der Waals surface area (Å²) in [4.78, 5) is 9.71. The third-order valence-corrected chi connectivity index (χ3v) is 2.50. The van der Waals surface area contributed by atoms with E-state index in [0.717, 1.165) is 0 Å². The predicted molar refractivity (Wildman–Crippen MR) is 72.2 cm³/mol. The number of nitrogens with zero attached hydrogens (tertiary/aromatic N) is 3. The topological polar surface area (TPSA) is 70.5 Å². The zero-order valence-corrected chi connectivity index (χ0v) is 11.6. The second-order valence-corrected chi connectivity index (χ2v) is 3.98. The van der Waals surface area contributed by atoms with E-state index in [-0.39, 0.29) is 19.8 Å². The Morgan fingerprint density at radius 1 is 1.45 bits per heavy atom. The first-order chi connectivity index (χ1) is 9.60. The average molecular weight is 290 g/mol. The first kappa shape index (κ1) is 16.5. The molecule has 0 aliphatic carbocycles. The van der Waals surface area contributed by atoms with Crippen LogP contribution in [0.15, 0.2) is 6.07 Å². The Morgan fingerprint density at radius 3 is 2.75 bits per heavy atom. The van der Waals surface area contributed by atoms with Crippen LogP contribution in [0, 0.1) is 0 Å². The smallest absolute Gasteiger partial charge is 0.255 e. The van der Waals surface area contributed by atoms with E-state index in [2.05, 4.69) is 15.3 Å². The van der Waals surface area contributed by atoms with Crippen molar-refractivity contribution in [3.05, 3.63) is 11.9 Å². The Kier molecular flexibility index (Phi) is 7.10. The normalized spacial score (nSPS) is 10.9. The molecule has 0 saturated heterocycles. The number of hydrogen-bond acceptors (Lipinski definition) is 6. The van der Waals surface area contributed by atoms with Gasteiger partial charge in [-0.3, -0.25) is 0 Å². The van der Waals surface area contributed by atoms with E-state index >= 15 is 0 Å². The molecule has 1 heterocycles. The van der Waals surface area contributed by atoms with Gasteiger partial charge in [0.15, 0.2) is 5.82 Å². The SMILES string of the molecule is CCOCc1nc(NC)cc(N(CCO)CC(F)F)n1. The maximum atomic E-state index is 12.6. The average Bonchev–Trinajstić information content (AvgIpc) is 2.43. The molecule has 8 heteroatoms. The van der Waals surface area contributed by atoms with Crippen molar-refractivity contribution in [1.29, 1.82) is 0 Å². The molecule has 114 valence electrons. The molecular weight excluding hydrogens is 270 g/mol. The van der Waals surface area contributed by atoms with Crippen LogP contribution in [0.25, 0.3) is 0 Å². The molecule has 0 spiro atoms. The van der Waals surface area contributed by atoms with E-state index in [0.29, 0.717) is 24.1 Å². The minimum atomic E-state index is -2.51. The summed E-state index contributed by atoms with van der Waals surface area (Å²) in [5, 5.41) is 11.8. The Morgan fingerprint density at radius 2 is 2.20 bits per heavy atom. The van der Waals surface area contributed by atoms with Gasteiger partial charge in [0, 0.05) is 26.3 Å². The van der Waals surface area contributed by atoms with Gasteiger partial charge in [0.2, 0.25) is 0 Å². The second-order valence-electron chi connectivity index (χ2n) is 3.98. The number of aromatic nitrogens is 2. The number of anilines is 2. The molecule has 1 rings (SSSR count). The highest BCUT2D eigenvalue weighted by molar-refractivity contribution is 5.49. The fourth-order valence-electron chi connectivity index (χ4n) is 1.62. The third-order valence-electron chi connectivity index (χ3n) is 2.50. The van der Waals surface area contributed by atoms with Crippen LogP contribution >= 0.6 is 0 Å². The largest absolute Gasteiger partial charge is 0.395 e. The molecule has 20 heavy (non-hydrogen) atoms. The molecule has 0 atom stereocenters. The van der Waals surface area contributed by atoms with Gasteiger partial charge in [-0.25, -0.2) is 18.7 Å². The van der Waals surface area contributed by atoms with Crippen molar-refractivity contribution in [2.24, 2.45) is 0 Å². The number of rotatable bonds is 9. The fourth-order valence-corrected chi connectivity index (χ4v) is 1.62. The first-order valence-corrected chi connectivity index (χ1v) is 6.38. The Balaban J connectivity index is 2.98. The van der Waals surface area contributed by atoms with Gasteiger partial charge in [-0.1, -0.05) is 0 Å². The lowest BCUT2D eigenvalue weighted by molar-refractivity contribution is 0.128. The molecule has 2 N–H and O–H groups in total. The van der Waals surface area contributed by atoms with Crippen molar-refractivity contribution < 1.29 is 18.6 Å². The maximum Gasteiger partial charge on any atom is 0.255 e. The number of nitrogens with one attached hydrogen (secondary N) is 1. The monoisotopic (exact) mass is 290 g/mol. The minimum Gasteiger partial charge on any atom is -0.395 e. The number of aliphatic hydroxyl groups is 1. The summed E-state index contributed by atoms with van der Waals surface area (Å²) in [6, 6.07) is 1.56. The van der Waals surface area contributed by atoms with Crippen LogP contribution in [0.3, 0.4) is 0 Å². The Labute approximate surface area is 116 Å². The minimum absolute atomic E-state index is 0.0819. The van der Waals surface area contributed by atoms with Crippen LogP contribution in [-0.4, -0.2) is 54.9 Å². The maximum absolute atomic E-state index is 12.6. The van der Waals surface area contributed by atoms with Gasteiger partial charge in [-0.05, 0) is 6.92 Å². The van der Waals surface area contributed by atoms with Crippen molar-refractivity contribution in [2.75, 3.05) is 43.6 Å². The number of halogens is 2. The lowest BCUT2D eigenvalue weighted by atomic mass is 10.4. The molecule has 0 aliphatic heterocycles. The molecule has 0 fully saturated rings. The summed E-state index contributed by atoms with van der Waals surface area (Å²) in [7, 11) is 1.68. The lowest BCUT2D eigenvalue weighted by Crippen LogP contribution is -2.32. The number of alkyl halides is 2. The number of ether oxygens (including phenoxy) is 1. The summed E-state index contributed by atoms with van der Waals surface area (Å²) in [6.07, 6.45) is -2.51. The van der Waals surface area contributed by atoms with Gasteiger partial charge in [-0.15, -0.1) is 0 Å². The number of aliphatic hydroxyl groups excluding tert-OH is 1. The standard InChI is InChI=1S/C12H20F2N4O2/c1-3-20-8-11-16-10(15-2)6-12(17-11)18(4-5-19)7-9(13)14/h6,9,19H,3-5,7-8H2,1-2H3,(H,15,16,17). The van der Waals surface area contributed by atoms with E-state index in [1.807, 2.05) is 6.92 Å². The van der Waals surface area contributed by atoms with Gasteiger partial charge in [-0.2, -0.15) is 0 Å². The summed E-state index contributed by atoms with van der Waals surface area (Å²) in [6.45, 7) is 1.93. The van der Waals surface area contributed by atoms with E-state index in [1.165, 1.54) is 4.90 Å². The predicted octanol–water partition coefficient (Wildman–Crippen LogP) is 1.12. The van der Waals surface area contributed by atoms with Crippen LogP contribution < -0.4 is 10.2 Å². The highest BCUT2D eigenvalue weighted by Gasteiger charge is 2.15. The Hall–Kier alpha value is -1.54. The van der Waals surface area contributed by atoms with Crippen LogP contribution in [0.1, 0.15) is 12.7 Å². The third kappa shape index (κ3) is 5.22. The van der Waals surface area contributed by atoms with E-state index in [4.69, 9.17) is 9.84 Å². The molecule has 0 aromatic carbocycles. The summed E-state index contributed by atoms with van der Waals surface area (Å²) in [5.74, 6) is 1.27. The molecule has 0 saturated carbocycles. The van der Waals surface area contributed by atoms with Crippen molar-refractivity contribution in [2.45, 2.75) is 20.0 Å². The molecule has 0 amide bonds. The molecule has 6 nitrogen and oxygen atoms in total. The Bertz CT molecular complexity index is 407. The van der Waals surface area contributed by atoms with Crippen LogP contribution in [0.2, 0.25) is 0 Å². The first-order valence-electron chi connectivity index (χ1n) is 6.38. The zero-order valence-electron chi connectivity index (χ0n) is 11.6. The summed E-state index contributed by atoms with van der Waals surface area (Å²) in [5.41, 5.74) is 0. The highest BCUT2D eigenvalue weighted by Crippen LogP contribution is 2.17. The lowest BCUT2D eigenvalue weighted by Gasteiger charge is -2.23. The summed E-state index contributed by atoms with van der Waals surface area (Å²) >= 11 is 0. The van der Waals surface area contributed by atoms with Crippen LogP contribution in [0.5, 0.6) is 0 Å². The highest BCUT2D eigenvalue weighted by atomic mass is 19.3. The quantitative estimate of drug-likeness (QED) is 0.710. The molecule has 0 unspecified atom stereocenters. The van der Waals surface area contributed by atoms with Crippen molar-refractivity contribution in [3.8, 4) is 0 Å². The molecule has 0 bridgehead atoms. The molecular formula is C12H20F2N4O2. The van der Waals surface area contributed by atoms with Gasteiger partial charge < -0.3 is 20.1 Å². The van der Waals surface area contributed by atoms with Gasteiger partial charge in [0.1, 0.15) is 18.2 Å². The van der Waals surface area contributed by atoms with E-state index in [9.17, 15) is 8.78 Å². The van der Waals surface area contributed by atoms with E-state index in [1.54, 1.807) is 13.1 Å². The van der Waals surface area contributed by atoms with Crippen molar-refractivity contribution in [3.63, 3.8) is 0 Å². The zero-order chi connectivity index (χ0) is 15.0. The molecule has 1 aromatic heterocycles. The number of hydrogen-bond donors (Lipinski definition) is 2. The molecule has 0 aliphatic rings. The van der Waals surface area contributed by atoms with Crippen LogP contribution in [0.4, 0.5) is 20.4 Å². The van der Waals surface area contributed by atoms with Crippen molar-refractivity contribution >= 4 is 11.6 Å². The molecule has 1 aromatic rings. The summed E-state index contributed by atoms with van der Waals surface area (Å²) < 4.78 is 30.4. The van der Waals surface area contributed by atoms with Gasteiger partial charge in [0.05, 0.1) is 13.2 Å². The van der Waals surface area contributed by atoms with Crippen LogP contribution in [-0.2, 0) is 11.3 Å². The van der Waals surface area contributed by atoms with Gasteiger partial charge in [0.25, 0.3) is 6.43 Å². The molecule has 0 radical (unpaired) electrons. The van der Waals surface area contributed by atoms with Crippen molar-refractivity contribution in [1.82, 2.24) is 9.97 Å². The fraction of sp³-hybridized carbons (Fsp3) is 0.667.